The molecule has 0 fully saturated rings. The van der Waals surface area contributed by atoms with Crippen molar-refractivity contribution in [1.82, 2.24) is 0 Å². The number of carbonyl (C=O) groups is 4. The lowest BCUT2D eigenvalue weighted by molar-refractivity contribution is -0.161. The predicted octanol–water partition coefficient (Wildman–Crippen LogP) is 13.5. The van der Waals surface area contributed by atoms with Gasteiger partial charge in [0.2, 0.25) is 0 Å². The minimum atomic E-state index is -0.450. The first-order chi connectivity index (χ1) is 25.0. The SMILES string of the molecule is CCCCC/C=C\C/C=C\CCCCCCCC(=O)OC(=O)CCCCCCCC(=O)OC(=O)CCCCCCC/C=C\C/C=C\CCCCC. The highest BCUT2D eigenvalue weighted by Gasteiger charge is 2.11. The Hall–Kier alpha value is -2.76. The van der Waals surface area contributed by atoms with Gasteiger partial charge in [-0.25, -0.2) is 0 Å². The summed E-state index contributed by atoms with van der Waals surface area (Å²) < 4.78 is 9.92. The van der Waals surface area contributed by atoms with Crippen molar-refractivity contribution in [3.05, 3.63) is 48.6 Å². The maximum atomic E-state index is 12.0. The zero-order valence-electron chi connectivity index (χ0n) is 33.0. The summed E-state index contributed by atoms with van der Waals surface area (Å²) in [5, 5.41) is 0. The lowest BCUT2D eigenvalue weighted by Crippen LogP contribution is -2.12. The third kappa shape index (κ3) is 39.9. The van der Waals surface area contributed by atoms with E-state index in [-0.39, 0.29) is 12.8 Å². The van der Waals surface area contributed by atoms with Crippen LogP contribution < -0.4 is 0 Å². The molecule has 0 spiro atoms. The van der Waals surface area contributed by atoms with Crippen LogP contribution in [0.25, 0.3) is 0 Å². The summed E-state index contributed by atoms with van der Waals surface area (Å²) in [7, 11) is 0. The van der Waals surface area contributed by atoms with Gasteiger partial charge < -0.3 is 9.47 Å². The molecular formula is C45H76O6. The Kier molecular flexibility index (Phi) is 37.9. The van der Waals surface area contributed by atoms with Gasteiger partial charge in [0.15, 0.2) is 0 Å². The Bertz CT molecular complexity index is 884. The Morgan fingerprint density at radius 2 is 0.549 bits per heavy atom. The van der Waals surface area contributed by atoms with Crippen molar-refractivity contribution in [3.8, 4) is 0 Å². The molecule has 0 aliphatic carbocycles. The molecule has 0 aliphatic heterocycles. The summed E-state index contributed by atoms with van der Waals surface area (Å²) in [5.74, 6) is -1.74. The fraction of sp³-hybridized carbons (Fsp3) is 0.733. The van der Waals surface area contributed by atoms with Crippen molar-refractivity contribution >= 4 is 23.9 Å². The van der Waals surface area contributed by atoms with Crippen LogP contribution in [0.3, 0.4) is 0 Å². The number of unbranched alkanes of at least 4 members (excludes halogenated alkanes) is 20. The lowest BCUT2D eigenvalue weighted by Gasteiger charge is -2.05. The maximum absolute atomic E-state index is 12.0. The van der Waals surface area contributed by atoms with Crippen LogP contribution in [0.4, 0.5) is 0 Å². The molecule has 0 aliphatic rings. The van der Waals surface area contributed by atoms with Crippen molar-refractivity contribution in [2.75, 3.05) is 0 Å². The summed E-state index contributed by atoms with van der Waals surface area (Å²) in [6.07, 6.45) is 47.7. The number of ether oxygens (including phenoxy) is 2. The molecule has 0 bridgehead atoms. The highest BCUT2D eigenvalue weighted by atomic mass is 16.6. The largest absolute Gasteiger partial charge is 0.393 e. The van der Waals surface area contributed by atoms with E-state index in [0.29, 0.717) is 25.7 Å². The highest BCUT2D eigenvalue weighted by molar-refractivity contribution is 5.85. The molecule has 0 aromatic heterocycles. The van der Waals surface area contributed by atoms with Gasteiger partial charge in [-0.05, 0) is 89.9 Å². The summed E-state index contributed by atoms with van der Waals surface area (Å²) >= 11 is 0. The van der Waals surface area contributed by atoms with Crippen molar-refractivity contribution in [3.63, 3.8) is 0 Å². The molecule has 0 N–H and O–H groups in total. The van der Waals surface area contributed by atoms with Gasteiger partial charge in [-0.15, -0.1) is 0 Å². The first-order valence-corrected chi connectivity index (χ1v) is 21.1. The van der Waals surface area contributed by atoms with E-state index in [1.54, 1.807) is 0 Å². The predicted molar refractivity (Wildman–Crippen MR) is 213 cm³/mol. The van der Waals surface area contributed by atoms with Crippen molar-refractivity contribution in [1.29, 1.82) is 0 Å². The van der Waals surface area contributed by atoms with E-state index in [1.807, 2.05) is 0 Å². The average Bonchev–Trinajstić information content (AvgIpc) is 3.11. The molecule has 0 amide bonds. The Balaban J connectivity index is 3.53. The van der Waals surface area contributed by atoms with E-state index in [4.69, 9.17) is 9.47 Å². The van der Waals surface area contributed by atoms with Gasteiger partial charge in [0.1, 0.15) is 0 Å². The number of esters is 4. The second kappa shape index (κ2) is 40.0. The van der Waals surface area contributed by atoms with E-state index < -0.39 is 23.9 Å². The van der Waals surface area contributed by atoms with Crippen molar-refractivity contribution in [2.24, 2.45) is 0 Å². The third-order valence-electron chi connectivity index (χ3n) is 8.88. The van der Waals surface area contributed by atoms with Gasteiger partial charge >= 0.3 is 23.9 Å². The number of hydrogen-bond donors (Lipinski definition) is 0. The second-order valence-corrected chi connectivity index (χ2v) is 13.9. The van der Waals surface area contributed by atoms with Crippen LogP contribution in [-0.4, -0.2) is 23.9 Å². The fourth-order valence-electron chi connectivity index (χ4n) is 5.69. The quantitative estimate of drug-likeness (QED) is 0.0278. The zero-order valence-corrected chi connectivity index (χ0v) is 33.0. The number of allylic oxidation sites excluding steroid dienone is 8. The van der Waals surface area contributed by atoms with Gasteiger partial charge in [-0.2, -0.15) is 0 Å². The van der Waals surface area contributed by atoms with E-state index in [0.717, 1.165) is 96.3 Å². The minimum absolute atomic E-state index is 0.235. The zero-order chi connectivity index (χ0) is 37.3. The van der Waals surface area contributed by atoms with Gasteiger partial charge in [-0.3, -0.25) is 19.2 Å². The van der Waals surface area contributed by atoms with Gasteiger partial charge in [-0.1, -0.05) is 146 Å². The monoisotopic (exact) mass is 713 g/mol. The van der Waals surface area contributed by atoms with Crippen molar-refractivity contribution < 1.29 is 28.7 Å². The summed E-state index contributed by atoms with van der Waals surface area (Å²) in [5.41, 5.74) is 0. The van der Waals surface area contributed by atoms with Crippen molar-refractivity contribution in [2.45, 2.75) is 213 Å². The molecule has 0 atom stereocenters. The van der Waals surface area contributed by atoms with Gasteiger partial charge in [0, 0.05) is 25.7 Å². The third-order valence-corrected chi connectivity index (χ3v) is 8.88. The smallest absolute Gasteiger partial charge is 0.313 e. The van der Waals surface area contributed by atoms with Gasteiger partial charge in [0.05, 0.1) is 0 Å². The normalized spacial score (nSPS) is 11.8. The van der Waals surface area contributed by atoms with Crippen LogP contribution in [0.2, 0.25) is 0 Å². The van der Waals surface area contributed by atoms with Crippen LogP contribution >= 0.6 is 0 Å². The molecule has 0 saturated heterocycles. The van der Waals surface area contributed by atoms with E-state index in [9.17, 15) is 19.2 Å². The molecule has 0 radical (unpaired) electrons. The molecule has 0 heterocycles. The molecule has 0 unspecified atom stereocenters. The standard InChI is InChI=1S/C45H76O6/c1-3-5-7-9-11-13-15-17-19-21-23-25-27-30-34-38-42(46)50-44(48)40-36-32-29-33-37-41-45(49)51-43(47)39-35-31-28-26-24-22-20-18-16-14-12-10-8-6-4-2/h11-14,17-20H,3-10,15-16,21-41H2,1-2H3/b13-11-,14-12-,19-17-,20-18-. The van der Waals surface area contributed by atoms with E-state index >= 15 is 0 Å². The molecule has 0 aromatic carbocycles. The summed E-state index contributed by atoms with van der Waals surface area (Å²) in [4.78, 5) is 47.8. The molecule has 0 saturated carbocycles. The summed E-state index contributed by atoms with van der Waals surface area (Å²) in [6, 6.07) is 0. The number of carbonyl (C=O) groups excluding carboxylic acids is 4. The molecule has 0 rings (SSSR count). The van der Waals surface area contributed by atoms with Crippen LogP contribution in [0, 0.1) is 0 Å². The Labute approximate surface area is 313 Å². The molecule has 6 heteroatoms. The molecule has 6 nitrogen and oxygen atoms in total. The first-order valence-electron chi connectivity index (χ1n) is 21.1. The summed E-state index contributed by atoms with van der Waals surface area (Å²) in [6.45, 7) is 4.46. The molecule has 51 heavy (non-hydrogen) atoms. The fourth-order valence-corrected chi connectivity index (χ4v) is 5.69. The Morgan fingerprint density at radius 1 is 0.314 bits per heavy atom. The maximum Gasteiger partial charge on any atom is 0.313 e. The van der Waals surface area contributed by atoms with E-state index in [1.165, 1.54) is 64.2 Å². The second-order valence-electron chi connectivity index (χ2n) is 13.9. The van der Waals surface area contributed by atoms with Gasteiger partial charge in [0.25, 0.3) is 0 Å². The molecule has 292 valence electrons. The van der Waals surface area contributed by atoms with E-state index in [2.05, 4.69) is 62.5 Å². The van der Waals surface area contributed by atoms with Crippen LogP contribution in [-0.2, 0) is 28.7 Å². The Morgan fingerprint density at radius 3 is 0.824 bits per heavy atom. The van der Waals surface area contributed by atoms with Crippen LogP contribution in [0.15, 0.2) is 48.6 Å². The molecular weight excluding hydrogens is 636 g/mol. The first kappa shape index (κ1) is 48.2. The lowest BCUT2D eigenvalue weighted by atomic mass is 10.1. The van der Waals surface area contributed by atoms with Crippen LogP contribution in [0.1, 0.15) is 213 Å². The minimum Gasteiger partial charge on any atom is -0.393 e. The topological polar surface area (TPSA) is 86.7 Å². The number of rotatable bonds is 36. The molecule has 0 aromatic rings. The highest BCUT2D eigenvalue weighted by Crippen LogP contribution is 2.13. The van der Waals surface area contributed by atoms with Crippen LogP contribution in [0.5, 0.6) is 0 Å². The number of hydrogen-bond acceptors (Lipinski definition) is 6. The average molecular weight is 713 g/mol.